The monoisotopic (exact) mass is 295 g/mol. The molecule has 0 heterocycles. The number of carbonyl (C=O) groups excluding carboxylic acids is 1. The molecule has 0 aromatic rings. The number of rotatable bonds is 4. The Balaban J connectivity index is 1.72. The van der Waals surface area contributed by atoms with Gasteiger partial charge in [-0.15, -0.1) is 0 Å². The average molecular weight is 295 g/mol. The van der Waals surface area contributed by atoms with Crippen molar-refractivity contribution < 1.29 is 9.53 Å². The van der Waals surface area contributed by atoms with Crippen LogP contribution in [0.2, 0.25) is 0 Å². The van der Waals surface area contributed by atoms with Crippen LogP contribution in [-0.4, -0.2) is 24.2 Å². The standard InChI is InChI=1S/C18H33NO2/c1-12(2)21-17-9-7-16(8-10-17)19-18(20)15-6-5-13(3)14(4)11-15/h12-17H,5-11H2,1-4H3,(H,19,20). The molecule has 2 aliphatic rings. The van der Waals surface area contributed by atoms with E-state index in [-0.39, 0.29) is 5.92 Å². The van der Waals surface area contributed by atoms with Crippen molar-refractivity contribution in [2.45, 2.75) is 90.9 Å². The summed E-state index contributed by atoms with van der Waals surface area (Å²) in [5, 5.41) is 3.30. The van der Waals surface area contributed by atoms with Crippen LogP contribution in [0.5, 0.6) is 0 Å². The average Bonchev–Trinajstić information content (AvgIpc) is 2.43. The topological polar surface area (TPSA) is 38.3 Å². The summed E-state index contributed by atoms with van der Waals surface area (Å²) in [6.07, 6.45) is 8.36. The van der Waals surface area contributed by atoms with Crippen LogP contribution in [0.3, 0.4) is 0 Å². The van der Waals surface area contributed by atoms with Crippen molar-refractivity contribution in [2.24, 2.45) is 17.8 Å². The Morgan fingerprint density at radius 2 is 1.67 bits per heavy atom. The third kappa shape index (κ3) is 4.98. The fourth-order valence-electron chi connectivity index (χ4n) is 3.83. The summed E-state index contributed by atoms with van der Waals surface area (Å²) >= 11 is 0. The summed E-state index contributed by atoms with van der Waals surface area (Å²) < 4.78 is 5.87. The molecule has 0 aromatic carbocycles. The molecule has 122 valence electrons. The largest absolute Gasteiger partial charge is 0.376 e. The lowest BCUT2D eigenvalue weighted by Gasteiger charge is -2.34. The van der Waals surface area contributed by atoms with Gasteiger partial charge in [0.1, 0.15) is 0 Å². The molecule has 0 bridgehead atoms. The predicted octanol–water partition coefficient (Wildman–Crippen LogP) is 3.91. The Bertz CT molecular complexity index is 334. The maximum Gasteiger partial charge on any atom is 0.223 e. The Kier molecular flexibility index (Phi) is 6.09. The number of ether oxygens (including phenoxy) is 1. The van der Waals surface area contributed by atoms with Gasteiger partial charge >= 0.3 is 0 Å². The van der Waals surface area contributed by atoms with Crippen LogP contribution in [0.1, 0.15) is 72.6 Å². The molecule has 0 aromatic heterocycles. The fraction of sp³-hybridized carbons (Fsp3) is 0.944. The summed E-state index contributed by atoms with van der Waals surface area (Å²) in [7, 11) is 0. The van der Waals surface area contributed by atoms with Crippen LogP contribution >= 0.6 is 0 Å². The minimum atomic E-state index is 0.251. The Morgan fingerprint density at radius 1 is 1.00 bits per heavy atom. The van der Waals surface area contributed by atoms with Gasteiger partial charge in [-0.2, -0.15) is 0 Å². The van der Waals surface area contributed by atoms with E-state index in [1.54, 1.807) is 0 Å². The highest BCUT2D eigenvalue weighted by Crippen LogP contribution is 2.33. The van der Waals surface area contributed by atoms with Gasteiger partial charge < -0.3 is 10.1 Å². The van der Waals surface area contributed by atoms with E-state index in [1.165, 1.54) is 6.42 Å². The molecule has 2 fully saturated rings. The van der Waals surface area contributed by atoms with E-state index in [0.29, 0.717) is 30.1 Å². The highest BCUT2D eigenvalue weighted by Gasteiger charge is 2.31. The third-order valence-electron chi connectivity index (χ3n) is 5.45. The first kappa shape index (κ1) is 16.8. The lowest BCUT2D eigenvalue weighted by atomic mass is 9.75. The van der Waals surface area contributed by atoms with Crippen LogP contribution in [0, 0.1) is 17.8 Å². The molecule has 3 unspecified atom stereocenters. The number of hydrogen-bond donors (Lipinski definition) is 1. The minimum Gasteiger partial charge on any atom is -0.376 e. The summed E-state index contributed by atoms with van der Waals surface area (Å²) in [4.78, 5) is 12.4. The van der Waals surface area contributed by atoms with Gasteiger partial charge in [0, 0.05) is 12.0 Å². The van der Waals surface area contributed by atoms with Crippen molar-refractivity contribution in [3.05, 3.63) is 0 Å². The first-order valence-electron chi connectivity index (χ1n) is 8.91. The van der Waals surface area contributed by atoms with Gasteiger partial charge in [-0.05, 0) is 70.6 Å². The molecule has 3 atom stereocenters. The molecule has 1 N–H and O–H groups in total. The number of hydrogen-bond acceptors (Lipinski definition) is 2. The van der Waals surface area contributed by atoms with Crippen molar-refractivity contribution >= 4 is 5.91 Å². The van der Waals surface area contributed by atoms with Gasteiger partial charge in [0.05, 0.1) is 12.2 Å². The zero-order chi connectivity index (χ0) is 15.4. The summed E-state index contributed by atoms with van der Waals surface area (Å²) in [6, 6.07) is 0.374. The van der Waals surface area contributed by atoms with Crippen molar-refractivity contribution in [1.82, 2.24) is 5.32 Å². The minimum absolute atomic E-state index is 0.251. The van der Waals surface area contributed by atoms with Gasteiger partial charge in [0.15, 0.2) is 0 Å². The van der Waals surface area contributed by atoms with Gasteiger partial charge in [-0.1, -0.05) is 13.8 Å². The van der Waals surface area contributed by atoms with Crippen LogP contribution in [0.4, 0.5) is 0 Å². The van der Waals surface area contributed by atoms with Crippen molar-refractivity contribution in [3.63, 3.8) is 0 Å². The molecular formula is C18H33NO2. The van der Waals surface area contributed by atoms with Gasteiger partial charge in [0.2, 0.25) is 5.91 Å². The molecule has 2 rings (SSSR count). The van der Waals surface area contributed by atoms with Crippen LogP contribution in [0.15, 0.2) is 0 Å². The summed E-state index contributed by atoms with van der Waals surface area (Å²) in [6.45, 7) is 8.80. The van der Waals surface area contributed by atoms with E-state index < -0.39 is 0 Å². The molecule has 21 heavy (non-hydrogen) atoms. The Hall–Kier alpha value is -0.570. The van der Waals surface area contributed by atoms with Crippen LogP contribution in [-0.2, 0) is 9.53 Å². The van der Waals surface area contributed by atoms with Crippen molar-refractivity contribution in [1.29, 1.82) is 0 Å². The lowest BCUT2D eigenvalue weighted by Crippen LogP contribution is -2.43. The van der Waals surface area contributed by atoms with E-state index in [1.807, 2.05) is 0 Å². The van der Waals surface area contributed by atoms with Crippen molar-refractivity contribution in [2.75, 3.05) is 0 Å². The molecule has 1 amide bonds. The Morgan fingerprint density at radius 3 is 2.24 bits per heavy atom. The molecule has 0 aliphatic heterocycles. The quantitative estimate of drug-likeness (QED) is 0.854. The van der Waals surface area contributed by atoms with Gasteiger partial charge in [0.25, 0.3) is 0 Å². The molecule has 2 saturated carbocycles. The van der Waals surface area contributed by atoms with E-state index in [9.17, 15) is 4.79 Å². The lowest BCUT2D eigenvalue weighted by molar-refractivity contribution is -0.128. The highest BCUT2D eigenvalue weighted by molar-refractivity contribution is 5.79. The Labute approximate surface area is 130 Å². The van der Waals surface area contributed by atoms with Crippen LogP contribution in [0.25, 0.3) is 0 Å². The first-order chi connectivity index (χ1) is 9.95. The second-order valence-electron chi connectivity index (χ2n) is 7.63. The summed E-state index contributed by atoms with van der Waals surface area (Å²) in [5.74, 6) is 2.02. The number of amides is 1. The van der Waals surface area contributed by atoms with E-state index in [2.05, 4.69) is 33.0 Å². The van der Waals surface area contributed by atoms with Crippen LogP contribution < -0.4 is 5.32 Å². The highest BCUT2D eigenvalue weighted by atomic mass is 16.5. The zero-order valence-electron chi connectivity index (χ0n) is 14.2. The molecule has 0 saturated heterocycles. The molecule has 3 heteroatoms. The smallest absolute Gasteiger partial charge is 0.223 e. The number of nitrogens with one attached hydrogen (secondary N) is 1. The SMILES string of the molecule is CC(C)OC1CCC(NC(=O)C2CCC(C)C(C)C2)CC1. The normalized spacial score (nSPS) is 37.5. The predicted molar refractivity (Wildman–Crippen MR) is 86.1 cm³/mol. The summed E-state index contributed by atoms with van der Waals surface area (Å²) in [5.41, 5.74) is 0. The fourth-order valence-corrected chi connectivity index (χ4v) is 3.83. The molecular weight excluding hydrogens is 262 g/mol. The van der Waals surface area contributed by atoms with Gasteiger partial charge in [-0.3, -0.25) is 4.79 Å². The third-order valence-corrected chi connectivity index (χ3v) is 5.45. The zero-order valence-corrected chi connectivity index (χ0v) is 14.2. The molecule has 0 spiro atoms. The second-order valence-corrected chi connectivity index (χ2v) is 7.63. The molecule has 0 radical (unpaired) electrons. The van der Waals surface area contributed by atoms with E-state index in [4.69, 9.17) is 4.74 Å². The maximum absolute atomic E-state index is 12.4. The molecule has 2 aliphatic carbocycles. The first-order valence-corrected chi connectivity index (χ1v) is 8.91. The van der Waals surface area contributed by atoms with Crippen molar-refractivity contribution in [3.8, 4) is 0 Å². The van der Waals surface area contributed by atoms with E-state index >= 15 is 0 Å². The van der Waals surface area contributed by atoms with Gasteiger partial charge in [-0.25, -0.2) is 0 Å². The second kappa shape index (κ2) is 7.62. The van der Waals surface area contributed by atoms with E-state index in [0.717, 1.165) is 44.4 Å². The maximum atomic E-state index is 12.4. The molecule has 3 nitrogen and oxygen atoms in total. The number of carbonyl (C=O) groups is 1.